The first-order valence-corrected chi connectivity index (χ1v) is 10.5. The Hall–Kier alpha value is -3.90. The van der Waals surface area contributed by atoms with E-state index in [1.165, 1.54) is 4.68 Å². The second-order valence-electron chi connectivity index (χ2n) is 7.08. The van der Waals surface area contributed by atoms with Crippen LogP contribution in [0.2, 0.25) is 5.02 Å². The van der Waals surface area contributed by atoms with Crippen LogP contribution in [0.1, 0.15) is 12.5 Å². The van der Waals surface area contributed by atoms with Gasteiger partial charge in [-0.15, -0.1) is 0 Å². The van der Waals surface area contributed by atoms with E-state index in [0.717, 1.165) is 5.39 Å². The Kier molecular flexibility index (Phi) is 5.21. The molecule has 5 rings (SSSR count). The van der Waals surface area contributed by atoms with E-state index in [4.69, 9.17) is 20.8 Å². The minimum Gasteiger partial charge on any atom is -0.493 e. The minimum absolute atomic E-state index is 0.303. The van der Waals surface area contributed by atoms with Crippen LogP contribution in [0.4, 0.5) is 0 Å². The molecule has 0 aliphatic heterocycles. The Morgan fingerprint density at radius 1 is 1.09 bits per heavy atom. The second kappa shape index (κ2) is 8.32. The first-order valence-electron chi connectivity index (χ1n) is 10.1. The number of nitrogens with zero attached hydrogens (tertiary/aromatic N) is 3. The van der Waals surface area contributed by atoms with Crippen LogP contribution in [-0.2, 0) is 0 Å². The average molecular weight is 444 g/mol. The van der Waals surface area contributed by atoms with Crippen molar-refractivity contribution in [3.63, 3.8) is 0 Å². The van der Waals surface area contributed by atoms with Gasteiger partial charge in [-0.3, -0.25) is 4.79 Å². The standard InChI is InChI=1S/C25H18ClN3O3/c1-2-31-21-12-11-18(26)13-17(21)15-27-29-24(23-14-16-7-3-6-10-22(16)32-23)28-20-9-5-4-8-19(20)25(29)30/h3-15H,2H2,1H3. The number of halogens is 1. The molecule has 7 heteroatoms. The highest BCUT2D eigenvalue weighted by molar-refractivity contribution is 6.30. The van der Waals surface area contributed by atoms with E-state index in [9.17, 15) is 4.79 Å². The van der Waals surface area contributed by atoms with Crippen molar-refractivity contribution < 1.29 is 9.15 Å². The Morgan fingerprint density at radius 3 is 2.75 bits per heavy atom. The molecule has 0 spiro atoms. The summed E-state index contributed by atoms with van der Waals surface area (Å²) in [5.74, 6) is 1.37. The van der Waals surface area contributed by atoms with Crippen molar-refractivity contribution in [1.82, 2.24) is 9.66 Å². The molecule has 0 radical (unpaired) electrons. The number of hydrogen-bond donors (Lipinski definition) is 0. The number of hydrogen-bond acceptors (Lipinski definition) is 5. The Balaban J connectivity index is 1.72. The fraction of sp³-hybridized carbons (Fsp3) is 0.0800. The average Bonchev–Trinajstić information content (AvgIpc) is 3.24. The lowest BCUT2D eigenvalue weighted by atomic mass is 10.2. The number of ether oxygens (including phenoxy) is 1. The van der Waals surface area contributed by atoms with E-state index >= 15 is 0 Å². The molecule has 0 unspecified atom stereocenters. The smallest absolute Gasteiger partial charge is 0.282 e. The molecule has 0 aliphatic carbocycles. The van der Waals surface area contributed by atoms with Crippen LogP contribution in [-0.4, -0.2) is 22.5 Å². The van der Waals surface area contributed by atoms with Gasteiger partial charge in [0.05, 0.1) is 23.7 Å². The summed E-state index contributed by atoms with van der Waals surface area (Å²) in [6.45, 7) is 2.39. The molecule has 3 aromatic carbocycles. The Bertz CT molecular complexity index is 1500. The van der Waals surface area contributed by atoms with E-state index in [1.54, 1.807) is 42.6 Å². The van der Waals surface area contributed by atoms with Crippen molar-refractivity contribution in [2.45, 2.75) is 6.92 Å². The highest BCUT2D eigenvalue weighted by atomic mass is 35.5. The maximum absolute atomic E-state index is 13.3. The van der Waals surface area contributed by atoms with Crippen LogP contribution in [0.5, 0.6) is 5.75 Å². The quantitative estimate of drug-likeness (QED) is 0.324. The summed E-state index contributed by atoms with van der Waals surface area (Å²) in [4.78, 5) is 18.0. The van der Waals surface area contributed by atoms with Gasteiger partial charge in [0, 0.05) is 16.0 Å². The van der Waals surface area contributed by atoms with Crippen molar-refractivity contribution in [3.05, 3.63) is 93.7 Å². The minimum atomic E-state index is -0.303. The molecule has 0 N–H and O–H groups in total. The van der Waals surface area contributed by atoms with Gasteiger partial charge < -0.3 is 9.15 Å². The van der Waals surface area contributed by atoms with Crippen LogP contribution >= 0.6 is 11.6 Å². The zero-order chi connectivity index (χ0) is 22.1. The number of benzene rings is 3. The third-order valence-electron chi connectivity index (χ3n) is 4.98. The fourth-order valence-electron chi connectivity index (χ4n) is 3.51. The van der Waals surface area contributed by atoms with Gasteiger partial charge in [0.25, 0.3) is 5.56 Å². The summed E-state index contributed by atoms with van der Waals surface area (Å²) in [6.07, 6.45) is 1.54. The zero-order valence-corrected chi connectivity index (χ0v) is 17.9. The predicted molar refractivity (Wildman–Crippen MR) is 127 cm³/mol. The third kappa shape index (κ3) is 3.65. The van der Waals surface area contributed by atoms with Crippen LogP contribution in [0, 0.1) is 0 Å². The van der Waals surface area contributed by atoms with E-state index in [1.807, 2.05) is 43.3 Å². The van der Waals surface area contributed by atoms with Gasteiger partial charge in [0.2, 0.25) is 5.82 Å². The number of rotatable bonds is 5. The van der Waals surface area contributed by atoms with Crippen molar-refractivity contribution >= 4 is 39.7 Å². The van der Waals surface area contributed by atoms with E-state index in [2.05, 4.69) is 10.1 Å². The van der Waals surface area contributed by atoms with Crippen molar-refractivity contribution in [3.8, 4) is 17.3 Å². The lowest BCUT2D eigenvalue weighted by molar-refractivity contribution is 0.340. The zero-order valence-electron chi connectivity index (χ0n) is 17.2. The predicted octanol–water partition coefficient (Wildman–Crippen LogP) is 5.74. The second-order valence-corrected chi connectivity index (χ2v) is 7.51. The maximum atomic E-state index is 13.3. The molecule has 32 heavy (non-hydrogen) atoms. The molecule has 0 saturated carbocycles. The maximum Gasteiger partial charge on any atom is 0.282 e. The molecule has 0 amide bonds. The van der Waals surface area contributed by atoms with Crippen LogP contribution in [0.25, 0.3) is 33.5 Å². The van der Waals surface area contributed by atoms with Crippen LogP contribution in [0.15, 0.2) is 87.1 Å². The van der Waals surface area contributed by atoms with Gasteiger partial charge in [-0.1, -0.05) is 41.9 Å². The van der Waals surface area contributed by atoms with Gasteiger partial charge >= 0.3 is 0 Å². The molecular weight excluding hydrogens is 426 g/mol. The van der Waals surface area contributed by atoms with Crippen LogP contribution in [0.3, 0.4) is 0 Å². The summed E-state index contributed by atoms with van der Waals surface area (Å²) in [5, 5.41) is 6.38. The van der Waals surface area contributed by atoms with Crippen molar-refractivity contribution in [2.24, 2.45) is 5.10 Å². The van der Waals surface area contributed by atoms with Gasteiger partial charge in [-0.2, -0.15) is 9.78 Å². The number of furan rings is 1. The molecule has 2 heterocycles. The van der Waals surface area contributed by atoms with E-state index in [0.29, 0.717) is 51.0 Å². The van der Waals surface area contributed by atoms with Gasteiger partial charge in [0.1, 0.15) is 11.3 Å². The third-order valence-corrected chi connectivity index (χ3v) is 5.22. The molecule has 0 bridgehead atoms. The van der Waals surface area contributed by atoms with Gasteiger partial charge in [0.15, 0.2) is 5.76 Å². The number of fused-ring (bicyclic) bond motifs is 2. The monoisotopic (exact) mass is 443 g/mol. The fourth-order valence-corrected chi connectivity index (χ4v) is 3.69. The lowest BCUT2D eigenvalue weighted by Crippen LogP contribution is -2.20. The summed E-state index contributed by atoms with van der Waals surface area (Å²) in [6, 6.07) is 21.9. The summed E-state index contributed by atoms with van der Waals surface area (Å²) in [7, 11) is 0. The summed E-state index contributed by atoms with van der Waals surface area (Å²) >= 11 is 6.17. The van der Waals surface area contributed by atoms with Crippen molar-refractivity contribution in [1.29, 1.82) is 0 Å². The van der Waals surface area contributed by atoms with E-state index < -0.39 is 0 Å². The molecule has 0 aliphatic rings. The highest BCUT2D eigenvalue weighted by Gasteiger charge is 2.16. The topological polar surface area (TPSA) is 69.6 Å². The highest BCUT2D eigenvalue weighted by Crippen LogP contribution is 2.27. The first-order chi connectivity index (χ1) is 15.6. The molecule has 0 fully saturated rings. The molecule has 2 aromatic heterocycles. The number of aromatic nitrogens is 2. The number of para-hydroxylation sites is 2. The SMILES string of the molecule is CCOc1ccc(Cl)cc1C=Nn1c(-c2cc3ccccc3o2)nc2ccccc2c1=O. The molecule has 5 aromatic rings. The summed E-state index contributed by atoms with van der Waals surface area (Å²) < 4.78 is 12.9. The molecule has 0 atom stereocenters. The molecule has 6 nitrogen and oxygen atoms in total. The van der Waals surface area contributed by atoms with Crippen molar-refractivity contribution in [2.75, 3.05) is 6.61 Å². The molecule has 0 saturated heterocycles. The van der Waals surface area contributed by atoms with E-state index in [-0.39, 0.29) is 5.56 Å². The van der Waals surface area contributed by atoms with Gasteiger partial charge in [-0.25, -0.2) is 4.98 Å². The van der Waals surface area contributed by atoms with Gasteiger partial charge in [-0.05, 0) is 49.4 Å². The normalized spacial score (nSPS) is 11.6. The lowest BCUT2D eigenvalue weighted by Gasteiger charge is -2.09. The largest absolute Gasteiger partial charge is 0.493 e. The first kappa shape index (κ1) is 20.0. The Labute approximate surface area is 188 Å². The summed E-state index contributed by atoms with van der Waals surface area (Å²) in [5.41, 5.74) is 1.61. The molecular formula is C25H18ClN3O3. The van der Waals surface area contributed by atoms with Crippen LogP contribution < -0.4 is 10.3 Å². The molecule has 158 valence electrons. The Morgan fingerprint density at radius 2 is 1.91 bits per heavy atom.